The summed E-state index contributed by atoms with van der Waals surface area (Å²) in [7, 11) is 0. The number of nitrogens with zero attached hydrogens (tertiary/aromatic N) is 2. The maximum Gasteiger partial charge on any atom is 0.237 e. The first-order chi connectivity index (χ1) is 7.42. The van der Waals surface area contributed by atoms with Crippen LogP contribution in [0.4, 0.5) is 0 Å². The molecule has 0 aliphatic heterocycles. The molecule has 5 nitrogen and oxygen atoms in total. The summed E-state index contributed by atoms with van der Waals surface area (Å²) >= 11 is 5.94. The van der Waals surface area contributed by atoms with E-state index in [1.807, 2.05) is 6.92 Å². The Balaban J connectivity index is 2.18. The molecule has 1 saturated carbocycles. The van der Waals surface area contributed by atoms with Gasteiger partial charge >= 0.3 is 0 Å². The molecule has 2 atom stereocenters. The average molecular weight is 243 g/mol. The molecule has 1 aliphatic rings. The van der Waals surface area contributed by atoms with Crippen molar-refractivity contribution in [2.24, 2.45) is 11.5 Å². The van der Waals surface area contributed by atoms with Crippen LogP contribution in [0.5, 0.6) is 0 Å². The largest absolute Gasteiger partial charge is 0.368 e. The monoisotopic (exact) mass is 242 g/mol. The summed E-state index contributed by atoms with van der Waals surface area (Å²) in [5.74, 6) is -0.440. The molecule has 0 radical (unpaired) electrons. The second-order valence-electron chi connectivity index (χ2n) is 4.46. The molecule has 0 aromatic carbocycles. The van der Waals surface area contributed by atoms with E-state index in [-0.39, 0.29) is 6.04 Å². The summed E-state index contributed by atoms with van der Waals surface area (Å²) in [6.07, 6.45) is 3.70. The van der Waals surface area contributed by atoms with Crippen LogP contribution >= 0.6 is 11.6 Å². The predicted molar refractivity (Wildman–Crippen MR) is 61.0 cm³/mol. The van der Waals surface area contributed by atoms with Crippen molar-refractivity contribution in [3.63, 3.8) is 0 Å². The lowest BCUT2D eigenvalue weighted by Gasteiger charge is -2.19. The Bertz CT molecular complexity index is 411. The number of carbonyl (C=O) groups excluding carboxylic acids is 1. The third-order valence-electron chi connectivity index (χ3n) is 3.25. The van der Waals surface area contributed by atoms with Crippen molar-refractivity contribution in [3.8, 4) is 0 Å². The van der Waals surface area contributed by atoms with Crippen LogP contribution in [0.3, 0.4) is 0 Å². The lowest BCUT2D eigenvalue weighted by Crippen LogP contribution is -2.49. The molecule has 0 saturated heterocycles. The molecule has 4 N–H and O–H groups in total. The summed E-state index contributed by atoms with van der Waals surface area (Å²) in [6.45, 7) is 1.84. The van der Waals surface area contributed by atoms with Gasteiger partial charge in [0.15, 0.2) is 0 Å². The van der Waals surface area contributed by atoms with E-state index >= 15 is 0 Å². The molecule has 1 aliphatic carbocycles. The fourth-order valence-electron chi connectivity index (χ4n) is 2.14. The number of primary amides is 1. The van der Waals surface area contributed by atoms with Gasteiger partial charge in [-0.25, -0.2) is 0 Å². The van der Waals surface area contributed by atoms with Crippen LogP contribution in [-0.4, -0.2) is 21.2 Å². The highest BCUT2D eigenvalue weighted by Crippen LogP contribution is 2.36. The number of aryl methyl sites for hydroxylation is 1. The lowest BCUT2D eigenvalue weighted by molar-refractivity contribution is -0.123. The van der Waals surface area contributed by atoms with Gasteiger partial charge in [-0.15, -0.1) is 0 Å². The van der Waals surface area contributed by atoms with Crippen LogP contribution in [0.25, 0.3) is 0 Å². The average Bonchev–Trinajstić information content (AvgIpc) is 2.73. The van der Waals surface area contributed by atoms with Crippen molar-refractivity contribution < 1.29 is 4.79 Å². The summed E-state index contributed by atoms with van der Waals surface area (Å²) in [5.41, 5.74) is 11.1. The molecule has 1 aromatic heterocycles. The van der Waals surface area contributed by atoms with Crippen LogP contribution in [0.15, 0.2) is 6.20 Å². The number of rotatable bonds is 2. The van der Waals surface area contributed by atoms with E-state index in [2.05, 4.69) is 5.10 Å². The van der Waals surface area contributed by atoms with Gasteiger partial charge in [0.05, 0.1) is 22.3 Å². The standard InChI is InChI=1S/C10H15ClN4O/c1-6-8(11)5-15(14-6)7-2-3-10(13,4-7)9(12)16/h5,7H,2-4,13H2,1H3,(H2,12,16). The molecule has 2 unspecified atom stereocenters. The zero-order valence-electron chi connectivity index (χ0n) is 9.11. The maximum atomic E-state index is 11.2. The molecule has 2 rings (SSSR count). The van der Waals surface area contributed by atoms with E-state index in [0.717, 1.165) is 12.1 Å². The molecule has 16 heavy (non-hydrogen) atoms. The minimum absolute atomic E-state index is 0.115. The van der Waals surface area contributed by atoms with Gasteiger partial charge < -0.3 is 11.5 Å². The molecule has 88 valence electrons. The minimum Gasteiger partial charge on any atom is -0.368 e. The van der Waals surface area contributed by atoms with E-state index in [1.54, 1.807) is 10.9 Å². The molecule has 6 heteroatoms. The van der Waals surface area contributed by atoms with Crippen LogP contribution in [0.1, 0.15) is 31.0 Å². The molecule has 1 amide bonds. The van der Waals surface area contributed by atoms with E-state index in [9.17, 15) is 4.79 Å². The van der Waals surface area contributed by atoms with Crippen molar-refractivity contribution in [2.75, 3.05) is 0 Å². The van der Waals surface area contributed by atoms with Gasteiger partial charge in [0.1, 0.15) is 0 Å². The summed E-state index contributed by atoms with van der Waals surface area (Å²) in [6, 6.07) is 0.115. The van der Waals surface area contributed by atoms with Crippen LogP contribution < -0.4 is 11.5 Å². The topological polar surface area (TPSA) is 86.9 Å². The molecular formula is C10H15ClN4O. The Labute approximate surface area is 98.7 Å². The highest BCUT2D eigenvalue weighted by atomic mass is 35.5. The van der Waals surface area contributed by atoms with Gasteiger partial charge in [-0.05, 0) is 26.2 Å². The Hall–Kier alpha value is -1.07. The summed E-state index contributed by atoms with van der Waals surface area (Å²) in [5, 5.41) is 4.93. The van der Waals surface area contributed by atoms with Gasteiger partial charge in [-0.3, -0.25) is 9.48 Å². The summed E-state index contributed by atoms with van der Waals surface area (Å²) < 4.78 is 1.79. The minimum atomic E-state index is -0.892. The number of amides is 1. The molecule has 1 fully saturated rings. The molecule has 0 bridgehead atoms. The van der Waals surface area contributed by atoms with Crippen molar-refractivity contribution in [1.29, 1.82) is 0 Å². The second-order valence-corrected chi connectivity index (χ2v) is 4.87. The molecule has 0 spiro atoms. The molecular weight excluding hydrogens is 228 g/mol. The quantitative estimate of drug-likeness (QED) is 0.802. The number of hydrogen-bond donors (Lipinski definition) is 2. The smallest absolute Gasteiger partial charge is 0.237 e. The van der Waals surface area contributed by atoms with E-state index < -0.39 is 11.4 Å². The first kappa shape index (κ1) is 11.4. The Morgan fingerprint density at radius 2 is 2.44 bits per heavy atom. The first-order valence-electron chi connectivity index (χ1n) is 5.22. The normalized spacial score (nSPS) is 29.6. The highest BCUT2D eigenvalue weighted by Gasteiger charge is 2.41. The van der Waals surface area contributed by atoms with Gasteiger partial charge in [0.25, 0.3) is 0 Å². The van der Waals surface area contributed by atoms with Crippen LogP contribution in [-0.2, 0) is 4.79 Å². The third-order valence-corrected chi connectivity index (χ3v) is 3.62. The third kappa shape index (κ3) is 1.81. The number of halogens is 1. The molecule has 1 heterocycles. The number of aromatic nitrogens is 2. The fourth-order valence-corrected chi connectivity index (χ4v) is 2.28. The maximum absolute atomic E-state index is 11.2. The summed E-state index contributed by atoms with van der Waals surface area (Å²) in [4.78, 5) is 11.2. The second kappa shape index (κ2) is 3.75. The SMILES string of the molecule is Cc1nn(C2CCC(N)(C(N)=O)C2)cc1Cl. The zero-order valence-corrected chi connectivity index (χ0v) is 9.87. The van der Waals surface area contributed by atoms with Gasteiger partial charge in [0.2, 0.25) is 5.91 Å². The van der Waals surface area contributed by atoms with Crippen molar-refractivity contribution in [3.05, 3.63) is 16.9 Å². The van der Waals surface area contributed by atoms with Gasteiger partial charge in [-0.2, -0.15) is 5.10 Å². The Kier molecular flexibility index (Phi) is 2.67. The van der Waals surface area contributed by atoms with E-state index in [4.69, 9.17) is 23.1 Å². The number of nitrogens with two attached hydrogens (primary N) is 2. The number of hydrogen-bond acceptors (Lipinski definition) is 3. The zero-order chi connectivity index (χ0) is 11.9. The Morgan fingerprint density at radius 1 is 1.75 bits per heavy atom. The van der Waals surface area contributed by atoms with Crippen molar-refractivity contribution in [2.45, 2.75) is 37.8 Å². The van der Waals surface area contributed by atoms with Gasteiger partial charge in [0, 0.05) is 6.20 Å². The first-order valence-corrected chi connectivity index (χ1v) is 5.60. The van der Waals surface area contributed by atoms with Gasteiger partial charge in [-0.1, -0.05) is 11.6 Å². The molecule has 1 aromatic rings. The van der Waals surface area contributed by atoms with Crippen LogP contribution in [0, 0.1) is 6.92 Å². The highest BCUT2D eigenvalue weighted by molar-refractivity contribution is 6.31. The van der Waals surface area contributed by atoms with Crippen LogP contribution in [0.2, 0.25) is 5.02 Å². The van der Waals surface area contributed by atoms with Crippen molar-refractivity contribution >= 4 is 17.5 Å². The van der Waals surface area contributed by atoms with E-state index in [1.165, 1.54) is 0 Å². The van der Waals surface area contributed by atoms with Crippen molar-refractivity contribution in [1.82, 2.24) is 9.78 Å². The predicted octanol–water partition coefficient (Wildman–Crippen LogP) is 0.753. The number of carbonyl (C=O) groups is 1. The lowest BCUT2D eigenvalue weighted by atomic mass is 9.98. The van der Waals surface area contributed by atoms with E-state index in [0.29, 0.717) is 17.9 Å². The fraction of sp³-hybridized carbons (Fsp3) is 0.600. The Morgan fingerprint density at radius 3 is 2.88 bits per heavy atom.